The zero-order chi connectivity index (χ0) is 13.4. The molecule has 0 aliphatic rings. The highest BCUT2D eigenvalue weighted by Gasteiger charge is 2.15. The van der Waals surface area contributed by atoms with E-state index in [1.807, 2.05) is 18.2 Å². The molecule has 0 saturated carbocycles. The Morgan fingerprint density at radius 2 is 2.00 bits per heavy atom. The van der Waals surface area contributed by atoms with Crippen molar-refractivity contribution in [2.75, 3.05) is 41.1 Å². The first kappa shape index (κ1) is 14.8. The second-order valence-electron chi connectivity index (χ2n) is 3.79. The van der Waals surface area contributed by atoms with Gasteiger partial charge in [0, 0.05) is 19.2 Å². The Morgan fingerprint density at radius 3 is 2.56 bits per heavy atom. The molecule has 0 bridgehead atoms. The first-order valence-corrected chi connectivity index (χ1v) is 5.82. The summed E-state index contributed by atoms with van der Waals surface area (Å²) >= 11 is 0. The molecular weight excluding hydrogens is 234 g/mol. The molecule has 18 heavy (non-hydrogen) atoms. The van der Waals surface area contributed by atoms with Crippen LogP contribution < -0.4 is 14.8 Å². The molecule has 1 aromatic carbocycles. The van der Waals surface area contributed by atoms with Gasteiger partial charge in [-0.2, -0.15) is 0 Å². The van der Waals surface area contributed by atoms with Crippen molar-refractivity contribution < 1.29 is 19.3 Å². The molecule has 0 spiro atoms. The minimum absolute atomic E-state index is 0.0206. The van der Waals surface area contributed by atoms with Gasteiger partial charge in [0.25, 0.3) is 0 Å². The number of benzene rings is 1. The quantitative estimate of drug-likeness (QED) is 0.678. The van der Waals surface area contributed by atoms with E-state index in [1.54, 1.807) is 21.3 Å². The largest absolute Gasteiger partial charge is 0.497 e. The maximum atomic E-state index is 9.46. The number of hydrogen-bond acceptors (Lipinski definition) is 5. The molecular formula is C13H21NO4. The average molecular weight is 255 g/mol. The van der Waals surface area contributed by atoms with E-state index in [9.17, 15) is 5.11 Å². The van der Waals surface area contributed by atoms with Crippen molar-refractivity contribution in [1.82, 2.24) is 5.32 Å². The lowest BCUT2D eigenvalue weighted by atomic mass is 10.1. The van der Waals surface area contributed by atoms with E-state index in [2.05, 4.69) is 5.32 Å². The maximum Gasteiger partial charge on any atom is 0.123 e. The molecule has 1 atom stereocenters. The monoisotopic (exact) mass is 255 g/mol. The third kappa shape index (κ3) is 3.87. The molecule has 102 valence electrons. The van der Waals surface area contributed by atoms with Crippen LogP contribution in [0.4, 0.5) is 0 Å². The zero-order valence-electron chi connectivity index (χ0n) is 11.1. The van der Waals surface area contributed by atoms with Crippen molar-refractivity contribution >= 4 is 0 Å². The molecule has 5 nitrogen and oxygen atoms in total. The first-order chi connectivity index (χ1) is 8.76. The number of nitrogens with one attached hydrogen (secondary N) is 1. The molecule has 0 aliphatic carbocycles. The van der Waals surface area contributed by atoms with Crippen LogP contribution in [0.3, 0.4) is 0 Å². The second kappa shape index (κ2) is 7.92. The summed E-state index contributed by atoms with van der Waals surface area (Å²) < 4.78 is 15.5. The minimum atomic E-state index is -0.204. The van der Waals surface area contributed by atoms with Gasteiger partial charge in [-0.25, -0.2) is 0 Å². The maximum absolute atomic E-state index is 9.46. The van der Waals surface area contributed by atoms with E-state index in [-0.39, 0.29) is 12.6 Å². The predicted octanol–water partition coefficient (Wildman–Crippen LogP) is 0.973. The van der Waals surface area contributed by atoms with Crippen LogP contribution in [0.25, 0.3) is 0 Å². The predicted molar refractivity (Wildman–Crippen MR) is 69.3 cm³/mol. The van der Waals surface area contributed by atoms with E-state index in [0.717, 1.165) is 17.1 Å². The summed E-state index contributed by atoms with van der Waals surface area (Å²) in [7, 11) is 4.86. The molecule has 0 radical (unpaired) electrons. The van der Waals surface area contributed by atoms with Gasteiger partial charge in [0.1, 0.15) is 11.5 Å². The Kier molecular flexibility index (Phi) is 6.49. The molecule has 0 amide bonds. The van der Waals surface area contributed by atoms with Gasteiger partial charge in [0.05, 0.1) is 33.5 Å². The van der Waals surface area contributed by atoms with Gasteiger partial charge in [-0.3, -0.25) is 0 Å². The third-order valence-corrected chi connectivity index (χ3v) is 2.69. The van der Waals surface area contributed by atoms with Crippen LogP contribution in [0.1, 0.15) is 11.6 Å². The van der Waals surface area contributed by atoms with Crippen LogP contribution in [-0.4, -0.2) is 46.2 Å². The highest BCUT2D eigenvalue weighted by Crippen LogP contribution is 2.29. The summed E-state index contributed by atoms with van der Waals surface area (Å²) in [6.07, 6.45) is 0. The van der Waals surface area contributed by atoms with Crippen LogP contribution in [0.2, 0.25) is 0 Å². The van der Waals surface area contributed by atoms with Gasteiger partial charge in [-0.05, 0) is 18.2 Å². The van der Waals surface area contributed by atoms with Crippen LogP contribution in [0.5, 0.6) is 11.5 Å². The molecule has 0 aliphatic heterocycles. The normalized spacial score (nSPS) is 12.2. The Bertz CT molecular complexity index is 357. The Hall–Kier alpha value is -1.30. The summed E-state index contributed by atoms with van der Waals surface area (Å²) in [6, 6.07) is 5.31. The topological polar surface area (TPSA) is 60.0 Å². The fraction of sp³-hybridized carbons (Fsp3) is 0.538. The van der Waals surface area contributed by atoms with Crippen LogP contribution in [-0.2, 0) is 4.74 Å². The SMILES string of the molecule is COCCNC(CO)c1cc(OC)ccc1OC. The molecule has 0 heterocycles. The van der Waals surface area contributed by atoms with Crippen molar-refractivity contribution in [2.24, 2.45) is 0 Å². The molecule has 0 saturated heterocycles. The van der Waals surface area contributed by atoms with E-state index < -0.39 is 0 Å². The molecule has 0 aromatic heterocycles. The second-order valence-corrected chi connectivity index (χ2v) is 3.79. The van der Waals surface area contributed by atoms with Gasteiger partial charge in [0.2, 0.25) is 0 Å². The standard InChI is InChI=1S/C13H21NO4/c1-16-7-6-14-12(9-15)11-8-10(17-2)4-5-13(11)18-3/h4-5,8,12,14-15H,6-7,9H2,1-3H3. The summed E-state index contributed by atoms with van der Waals surface area (Å²) in [5, 5.41) is 12.7. The van der Waals surface area contributed by atoms with Crippen molar-refractivity contribution in [3.63, 3.8) is 0 Å². The Balaban J connectivity index is 2.87. The molecule has 1 unspecified atom stereocenters. The van der Waals surface area contributed by atoms with E-state index >= 15 is 0 Å². The van der Waals surface area contributed by atoms with Crippen LogP contribution >= 0.6 is 0 Å². The number of rotatable bonds is 8. The van der Waals surface area contributed by atoms with Gasteiger partial charge < -0.3 is 24.6 Å². The van der Waals surface area contributed by atoms with Crippen LogP contribution in [0, 0.1) is 0 Å². The molecule has 2 N–H and O–H groups in total. The summed E-state index contributed by atoms with van der Waals surface area (Å²) in [5.74, 6) is 1.46. The van der Waals surface area contributed by atoms with Gasteiger partial charge in [-0.15, -0.1) is 0 Å². The highest BCUT2D eigenvalue weighted by atomic mass is 16.5. The summed E-state index contributed by atoms with van der Waals surface area (Å²) in [6.45, 7) is 1.22. The molecule has 1 rings (SSSR count). The fourth-order valence-corrected chi connectivity index (χ4v) is 1.72. The summed E-state index contributed by atoms with van der Waals surface area (Å²) in [5.41, 5.74) is 0.871. The van der Waals surface area contributed by atoms with Gasteiger partial charge >= 0.3 is 0 Å². The fourth-order valence-electron chi connectivity index (χ4n) is 1.72. The number of aliphatic hydroxyl groups is 1. The lowest BCUT2D eigenvalue weighted by Crippen LogP contribution is -2.28. The lowest BCUT2D eigenvalue weighted by molar-refractivity contribution is 0.183. The number of aliphatic hydroxyl groups excluding tert-OH is 1. The summed E-state index contributed by atoms with van der Waals surface area (Å²) in [4.78, 5) is 0. The number of ether oxygens (including phenoxy) is 3. The van der Waals surface area contributed by atoms with Crippen molar-refractivity contribution in [2.45, 2.75) is 6.04 Å². The van der Waals surface area contributed by atoms with Gasteiger partial charge in [-0.1, -0.05) is 0 Å². The first-order valence-electron chi connectivity index (χ1n) is 5.82. The smallest absolute Gasteiger partial charge is 0.123 e. The van der Waals surface area contributed by atoms with Crippen molar-refractivity contribution in [3.05, 3.63) is 23.8 Å². The Labute approximate surface area is 108 Å². The van der Waals surface area contributed by atoms with E-state index in [1.165, 1.54) is 0 Å². The third-order valence-electron chi connectivity index (χ3n) is 2.69. The molecule has 1 aromatic rings. The zero-order valence-corrected chi connectivity index (χ0v) is 11.1. The van der Waals surface area contributed by atoms with Crippen molar-refractivity contribution in [1.29, 1.82) is 0 Å². The minimum Gasteiger partial charge on any atom is -0.497 e. The van der Waals surface area contributed by atoms with Crippen molar-refractivity contribution in [3.8, 4) is 11.5 Å². The average Bonchev–Trinajstić information content (AvgIpc) is 2.43. The number of methoxy groups -OCH3 is 3. The highest BCUT2D eigenvalue weighted by molar-refractivity contribution is 5.42. The number of hydrogen-bond donors (Lipinski definition) is 2. The molecule has 0 fully saturated rings. The van der Waals surface area contributed by atoms with E-state index in [0.29, 0.717) is 13.2 Å². The van der Waals surface area contributed by atoms with Gasteiger partial charge in [0.15, 0.2) is 0 Å². The Morgan fingerprint density at radius 1 is 1.22 bits per heavy atom. The van der Waals surface area contributed by atoms with Crippen LogP contribution in [0.15, 0.2) is 18.2 Å². The van der Waals surface area contributed by atoms with E-state index in [4.69, 9.17) is 14.2 Å². The molecule has 5 heteroatoms. The lowest BCUT2D eigenvalue weighted by Gasteiger charge is -2.20.